The molecule has 2 aromatic carbocycles. The Hall–Kier alpha value is -3.64. The predicted octanol–water partition coefficient (Wildman–Crippen LogP) is 6.09. The first-order chi connectivity index (χ1) is 19.5. The van der Waals surface area contributed by atoms with Crippen molar-refractivity contribution in [2.24, 2.45) is 0 Å². The number of carbonyl (C=O) groups excluding carboxylic acids is 1. The summed E-state index contributed by atoms with van der Waals surface area (Å²) in [6.45, 7) is 14.8. The first kappa shape index (κ1) is 30.3. The van der Waals surface area contributed by atoms with Crippen LogP contribution in [0.2, 0.25) is 0 Å². The normalized spacial score (nSPS) is 18.2. The van der Waals surface area contributed by atoms with E-state index in [2.05, 4.69) is 76.0 Å². The van der Waals surface area contributed by atoms with Crippen LogP contribution in [0.15, 0.2) is 77.2 Å². The van der Waals surface area contributed by atoms with E-state index in [1.165, 1.54) is 24.1 Å². The van der Waals surface area contributed by atoms with Crippen LogP contribution in [0.1, 0.15) is 77.5 Å². The van der Waals surface area contributed by atoms with E-state index < -0.39 is 11.4 Å². The number of ether oxygens (including phenoxy) is 1. The fourth-order valence-corrected chi connectivity index (χ4v) is 6.14. The highest BCUT2D eigenvalue weighted by molar-refractivity contribution is 6.21. The molecule has 0 spiro atoms. The smallest absolute Gasteiger partial charge is 0.307 e. The lowest BCUT2D eigenvalue weighted by Gasteiger charge is -2.30. The van der Waals surface area contributed by atoms with Gasteiger partial charge in [0.2, 0.25) is 0 Å². The van der Waals surface area contributed by atoms with Gasteiger partial charge in [0.15, 0.2) is 5.78 Å². The maximum absolute atomic E-state index is 13.5. The van der Waals surface area contributed by atoms with Crippen LogP contribution in [-0.4, -0.2) is 37.1 Å². The summed E-state index contributed by atoms with van der Waals surface area (Å²) < 4.78 is 5.79. The lowest BCUT2D eigenvalue weighted by molar-refractivity contribution is -0.572. The van der Waals surface area contributed by atoms with Crippen LogP contribution in [-0.2, 0) is 31.6 Å². The number of para-hydroxylation sites is 1. The number of quaternary nitrogens is 1. The minimum atomic E-state index is -0.848. The Morgan fingerprint density at radius 3 is 2.54 bits per heavy atom. The van der Waals surface area contributed by atoms with E-state index in [0.29, 0.717) is 23.3 Å². The number of benzene rings is 2. The quantitative estimate of drug-likeness (QED) is 0.188. The zero-order valence-electron chi connectivity index (χ0n) is 25.6. The summed E-state index contributed by atoms with van der Waals surface area (Å²) in [5, 5.41) is 11.6. The Morgan fingerprint density at radius 2 is 1.88 bits per heavy atom. The molecule has 0 saturated carbocycles. The topological polar surface area (TPSA) is 83.5 Å². The minimum absolute atomic E-state index is 0.00215. The molecule has 0 atom stereocenters. The molecule has 41 heavy (non-hydrogen) atoms. The zero-order chi connectivity index (χ0) is 29.9. The number of nitrogens with two attached hydrogens (primary N) is 1. The number of carboxylic acid groups (broad SMARTS) is 1. The van der Waals surface area contributed by atoms with Crippen molar-refractivity contribution in [3.8, 4) is 0 Å². The second kappa shape index (κ2) is 12.1. The van der Waals surface area contributed by atoms with Crippen molar-refractivity contribution in [1.82, 2.24) is 0 Å². The van der Waals surface area contributed by atoms with Crippen LogP contribution in [0, 0.1) is 0 Å². The minimum Gasteiger partial charge on any atom is -0.495 e. The molecule has 1 aliphatic heterocycles. The molecule has 0 aromatic heterocycles. The Morgan fingerprint density at radius 1 is 1.15 bits per heavy atom. The van der Waals surface area contributed by atoms with Crippen molar-refractivity contribution >= 4 is 23.1 Å². The number of fused-ring (bicyclic) bond motifs is 1. The summed E-state index contributed by atoms with van der Waals surface area (Å²) in [6.07, 6.45) is 7.06. The number of rotatable bonds is 12. The Labute approximate surface area is 244 Å². The van der Waals surface area contributed by atoms with Gasteiger partial charge in [0, 0.05) is 28.9 Å². The summed E-state index contributed by atoms with van der Waals surface area (Å²) >= 11 is 0. The SMILES string of the molecule is CCCC[NH2+]c1ccccc1C(C)(C)C/C=C1\C(=O)C(/C=C2/N(CC)c3ccc(CC(=O)O)cc3C2(C)C)=C1OC. The first-order valence-electron chi connectivity index (χ1n) is 14.8. The lowest BCUT2D eigenvalue weighted by Crippen LogP contribution is -2.78. The van der Waals surface area contributed by atoms with Crippen molar-refractivity contribution in [2.45, 2.75) is 78.1 Å². The van der Waals surface area contributed by atoms with Gasteiger partial charge in [-0.3, -0.25) is 9.59 Å². The highest BCUT2D eigenvalue weighted by Gasteiger charge is 2.42. The van der Waals surface area contributed by atoms with Gasteiger partial charge in [-0.25, -0.2) is 0 Å². The second-order valence-corrected chi connectivity index (χ2v) is 12.2. The molecule has 1 aliphatic carbocycles. The molecular formula is C35H45N2O4+. The fraction of sp³-hybridized carbons (Fsp3) is 0.429. The maximum atomic E-state index is 13.5. The number of methoxy groups -OCH3 is 1. The van der Waals surface area contributed by atoms with Gasteiger partial charge in [-0.15, -0.1) is 0 Å². The summed E-state index contributed by atoms with van der Waals surface area (Å²) in [5.74, 6) is -0.211. The average molecular weight is 558 g/mol. The van der Waals surface area contributed by atoms with Gasteiger partial charge in [-0.05, 0) is 54.5 Å². The van der Waals surface area contributed by atoms with Crippen molar-refractivity contribution in [2.75, 3.05) is 25.1 Å². The van der Waals surface area contributed by atoms with E-state index in [1.54, 1.807) is 7.11 Å². The van der Waals surface area contributed by atoms with E-state index in [1.807, 2.05) is 30.4 Å². The molecule has 0 radical (unpaired) electrons. The van der Waals surface area contributed by atoms with Crippen LogP contribution in [0.3, 0.4) is 0 Å². The molecule has 1 heterocycles. The number of hydrogen-bond donors (Lipinski definition) is 2. The first-order valence-corrected chi connectivity index (χ1v) is 14.8. The zero-order valence-corrected chi connectivity index (χ0v) is 25.6. The number of unbranched alkanes of at least 4 members (excludes halogenated alkanes) is 1. The molecule has 3 N–H and O–H groups in total. The highest BCUT2D eigenvalue weighted by Crippen LogP contribution is 2.49. The Balaban J connectivity index is 1.64. The van der Waals surface area contributed by atoms with Gasteiger partial charge >= 0.3 is 5.97 Å². The Kier molecular flexibility index (Phi) is 8.93. The monoisotopic (exact) mass is 557 g/mol. The molecule has 6 heteroatoms. The van der Waals surface area contributed by atoms with E-state index >= 15 is 0 Å². The molecular weight excluding hydrogens is 512 g/mol. The summed E-state index contributed by atoms with van der Waals surface area (Å²) in [5.41, 5.74) is 7.14. The van der Waals surface area contributed by atoms with Gasteiger partial charge in [0.1, 0.15) is 11.4 Å². The maximum Gasteiger partial charge on any atom is 0.307 e. The third-order valence-corrected chi connectivity index (χ3v) is 8.52. The highest BCUT2D eigenvalue weighted by atomic mass is 16.5. The predicted molar refractivity (Wildman–Crippen MR) is 164 cm³/mol. The van der Waals surface area contributed by atoms with Crippen molar-refractivity contribution in [1.29, 1.82) is 0 Å². The summed E-state index contributed by atoms with van der Waals surface area (Å²) in [4.78, 5) is 27.1. The fourth-order valence-electron chi connectivity index (χ4n) is 6.14. The van der Waals surface area contributed by atoms with Gasteiger partial charge in [0.25, 0.3) is 0 Å². The van der Waals surface area contributed by atoms with Crippen LogP contribution in [0.5, 0.6) is 0 Å². The molecule has 4 rings (SSSR count). The molecule has 218 valence electrons. The van der Waals surface area contributed by atoms with Crippen LogP contribution < -0.4 is 10.2 Å². The lowest BCUT2D eigenvalue weighted by atomic mass is 9.77. The number of likely N-dealkylation sites (N-methyl/N-ethyl adjacent to an activating group) is 1. The number of carboxylic acids is 1. The van der Waals surface area contributed by atoms with Crippen molar-refractivity contribution < 1.29 is 24.7 Å². The van der Waals surface area contributed by atoms with Crippen molar-refractivity contribution in [3.63, 3.8) is 0 Å². The molecule has 0 amide bonds. The number of hydrogen-bond acceptors (Lipinski definition) is 4. The van der Waals surface area contributed by atoms with Gasteiger partial charge in [-0.1, -0.05) is 77.4 Å². The molecule has 0 bridgehead atoms. The Bertz CT molecular complexity index is 1430. The number of anilines is 1. The van der Waals surface area contributed by atoms with E-state index in [0.717, 1.165) is 35.6 Å². The molecule has 0 fully saturated rings. The van der Waals surface area contributed by atoms with E-state index in [-0.39, 0.29) is 17.6 Å². The molecule has 0 unspecified atom stereocenters. The van der Waals surface area contributed by atoms with E-state index in [4.69, 9.17) is 4.74 Å². The number of nitrogens with zero attached hydrogens (tertiary/aromatic N) is 1. The number of Topliss-reactive ketones (excluding diaryl/α,β-unsaturated/α-hetero) is 1. The third kappa shape index (κ3) is 5.89. The number of aliphatic carboxylic acids is 1. The van der Waals surface area contributed by atoms with Crippen LogP contribution in [0.25, 0.3) is 0 Å². The van der Waals surface area contributed by atoms with Gasteiger partial charge in [0.05, 0.1) is 31.2 Å². The third-order valence-electron chi connectivity index (χ3n) is 8.52. The second-order valence-electron chi connectivity index (χ2n) is 12.2. The van der Waals surface area contributed by atoms with E-state index in [9.17, 15) is 14.7 Å². The number of ketones is 1. The van der Waals surface area contributed by atoms with Crippen LogP contribution in [0.4, 0.5) is 11.4 Å². The van der Waals surface area contributed by atoms with Gasteiger partial charge < -0.3 is 20.1 Å². The molecule has 2 aliphatic rings. The molecule has 2 aromatic rings. The average Bonchev–Trinajstić information content (AvgIpc) is 3.14. The van der Waals surface area contributed by atoms with Crippen LogP contribution >= 0.6 is 0 Å². The molecule has 6 nitrogen and oxygen atoms in total. The number of allylic oxidation sites excluding steroid dienone is 5. The summed E-state index contributed by atoms with van der Waals surface area (Å²) in [7, 11) is 1.63. The summed E-state index contributed by atoms with van der Waals surface area (Å²) in [6, 6.07) is 14.4. The largest absolute Gasteiger partial charge is 0.495 e. The van der Waals surface area contributed by atoms with Gasteiger partial charge in [-0.2, -0.15) is 0 Å². The number of carbonyl (C=O) groups is 2. The van der Waals surface area contributed by atoms with Crippen molar-refractivity contribution in [3.05, 3.63) is 93.9 Å². The standard InChI is InChI=1S/C35H44N2O4/c1-8-10-19-36-28-14-12-11-13-26(28)34(3,4)18-17-24-32(40)25(33(24)41-7)22-30-35(5,6)27-20-23(21-31(38)39)15-16-29(27)37(30)9-2/h11-17,20,22,36H,8-10,18-19,21H2,1-7H3,(H,38,39)/p+1/b24-17+,30-22+. The molecule has 0 saturated heterocycles.